The topological polar surface area (TPSA) is 65.1 Å². The summed E-state index contributed by atoms with van der Waals surface area (Å²) in [5, 5.41) is 0. The predicted molar refractivity (Wildman–Crippen MR) is 114 cm³/mol. The van der Waals surface area contributed by atoms with Crippen molar-refractivity contribution in [1.29, 1.82) is 0 Å². The second-order valence-electron chi connectivity index (χ2n) is 8.44. The van der Waals surface area contributed by atoms with Gasteiger partial charge in [-0.3, -0.25) is 18.8 Å². The van der Waals surface area contributed by atoms with E-state index in [1.165, 1.54) is 34.6 Å². The number of piperidine rings is 1. The van der Waals surface area contributed by atoms with Gasteiger partial charge in [-0.25, -0.2) is 9.78 Å². The van der Waals surface area contributed by atoms with Crippen LogP contribution in [0.15, 0.2) is 33.9 Å². The van der Waals surface area contributed by atoms with Gasteiger partial charge in [-0.1, -0.05) is 36.8 Å². The largest absolute Gasteiger partial charge is 0.332 e. The van der Waals surface area contributed by atoms with Crippen molar-refractivity contribution in [1.82, 2.24) is 23.6 Å². The van der Waals surface area contributed by atoms with Gasteiger partial charge in [0.25, 0.3) is 5.56 Å². The molecule has 0 bridgehead atoms. The lowest BCUT2D eigenvalue weighted by Crippen LogP contribution is -2.37. The molecular formula is C22H29N5O2. The summed E-state index contributed by atoms with van der Waals surface area (Å²) in [6.07, 6.45) is 2.36. The van der Waals surface area contributed by atoms with E-state index in [0.29, 0.717) is 24.3 Å². The number of hydrogen-bond donors (Lipinski definition) is 0. The van der Waals surface area contributed by atoms with Crippen LogP contribution in [0.3, 0.4) is 0 Å². The first-order valence-corrected chi connectivity index (χ1v) is 10.3. The van der Waals surface area contributed by atoms with Crippen molar-refractivity contribution >= 4 is 11.2 Å². The summed E-state index contributed by atoms with van der Waals surface area (Å²) in [6, 6.07) is 8.32. The second-order valence-corrected chi connectivity index (χ2v) is 8.44. The molecule has 3 heterocycles. The molecule has 154 valence electrons. The van der Waals surface area contributed by atoms with Crippen LogP contribution < -0.4 is 11.2 Å². The van der Waals surface area contributed by atoms with E-state index < -0.39 is 0 Å². The first-order valence-electron chi connectivity index (χ1n) is 10.3. The van der Waals surface area contributed by atoms with Crippen LogP contribution in [0.25, 0.3) is 11.2 Å². The van der Waals surface area contributed by atoms with Crippen LogP contribution >= 0.6 is 0 Å². The Bertz CT molecular complexity index is 1150. The van der Waals surface area contributed by atoms with Crippen LogP contribution in [0, 0.1) is 12.8 Å². The lowest BCUT2D eigenvalue weighted by Gasteiger charge is -2.29. The molecule has 7 heteroatoms. The van der Waals surface area contributed by atoms with Crippen molar-refractivity contribution in [3.63, 3.8) is 0 Å². The SMILES string of the molecule is Cc1ccc(Cn2c(CN3CCC(C)CC3)nc3c2c(=O)n(C)c(=O)n3C)cc1. The monoisotopic (exact) mass is 395 g/mol. The van der Waals surface area contributed by atoms with Crippen molar-refractivity contribution < 1.29 is 0 Å². The molecule has 0 aliphatic carbocycles. The molecule has 1 aliphatic rings. The Labute approximate surface area is 170 Å². The third-order valence-electron chi connectivity index (χ3n) is 6.13. The van der Waals surface area contributed by atoms with Crippen molar-refractivity contribution in [2.24, 2.45) is 20.0 Å². The van der Waals surface area contributed by atoms with Gasteiger partial charge in [0, 0.05) is 20.6 Å². The number of aryl methyl sites for hydroxylation is 2. The highest BCUT2D eigenvalue weighted by Gasteiger charge is 2.22. The minimum Gasteiger partial charge on any atom is -0.317 e. The Morgan fingerprint density at radius 2 is 1.66 bits per heavy atom. The van der Waals surface area contributed by atoms with Gasteiger partial charge in [0.2, 0.25) is 0 Å². The summed E-state index contributed by atoms with van der Waals surface area (Å²) < 4.78 is 4.64. The summed E-state index contributed by atoms with van der Waals surface area (Å²) in [7, 11) is 3.21. The average Bonchev–Trinajstić information content (AvgIpc) is 3.06. The Balaban J connectivity index is 1.83. The number of imidazole rings is 1. The van der Waals surface area contributed by atoms with Gasteiger partial charge in [0.05, 0.1) is 6.54 Å². The lowest BCUT2D eigenvalue weighted by atomic mass is 9.99. The zero-order chi connectivity index (χ0) is 20.7. The summed E-state index contributed by atoms with van der Waals surface area (Å²) in [5.41, 5.74) is 2.63. The summed E-state index contributed by atoms with van der Waals surface area (Å²) >= 11 is 0. The van der Waals surface area contributed by atoms with E-state index in [-0.39, 0.29) is 11.2 Å². The lowest BCUT2D eigenvalue weighted by molar-refractivity contribution is 0.180. The second kappa shape index (κ2) is 7.63. The third-order valence-corrected chi connectivity index (χ3v) is 6.13. The number of rotatable bonds is 4. The molecule has 0 unspecified atom stereocenters. The van der Waals surface area contributed by atoms with E-state index in [1.54, 1.807) is 7.05 Å². The minimum absolute atomic E-state index is 0.291. The van der Waals surface area contributed by atoms with Crippen LogP contribution in [-0.4, -0.2) is 36.7 Å². The molecule has 0 spiro atoms. The van der Waals surface area contributed by atoms with Gasteiger partial charge in [-0.2, -0.15) is 0 Å². The van der Waals surface area contributed by atoms with Crippen LogP contribution in [0.5, 0.6) is 0 Å². The molecule has 3 aromatic rings. The van der Waals surface area contributed by atoms with Gasteiger partial charge < -0.3 is 4.57 Å². The number of hydrogen-bond acceptors (Lipinski definition) is 4. The highest BCUT2D eigenvalue weighted by atomic mass is 16.2. The fraction of sp³-hybridized carbons (Fsp3) is 0.500. The number of aromatic nitrogens is 4. The highest BCUT2D eigenvalue weighted by Crippen LogP contribution is 2.20. The maximum Gasteiger partial charge on any atom is 0.332 e. The third kappa shape index (κ3) is 3.67. The van der Waals surface area contributed by atoms with Gasteiger partial charge in [0.1, 0.15) is 5.82 Å². The van der Waals surface area contributed by atoms with Crippen LogP contribution in [-0.2, 0) is 27.2 Å². The number of likely N-dealkylation sites (tertiary alicyclic amines) is 1. The fourth-order valence-electron chi connectivity index (χ4n) is 4.08. The molecule has 1 aromatic carbocycles. The van der Waals surface area contributed by atoms with Crippen LogP contribution in [0.1, 0.15) is 36.7 Å². The van der Waals surface area contributed by atoms with Gasteiger partial charge in [0.15, 0.2) is 11.2 Å². The van der Waals surface area contributed by atoms with Crippen LogP contribution in [0.2, 0.25) is 0 Å². The van der Waals surface area contributed by atoms with E-state index in [4.69, 9.17) is 4.98 Å². The molecule has 2 aromatic heterocycles. The van der Waals surface area contributed by atoms with Gasteiger partial charge in [-0.05, 0) is 44.3 Å². The van der Waals surface area contributed by atoms with Crippen molar-refractivity contribution in [2.45, 2.75) is 39.8 Å². The first-order chi connectivity index (χ1) is 13.8. The smallest absolute Gasteiger partial charge is 0.317 e. The Morgan fingerprint density at radius 1 is 1.00 bits per heavy atom. The normalized spacial score (nSPS) is 16.0. The van der Waals surface area contributed by atoms with E-state index in [1.807, 2.05) is 4.57 Å². The van der Waals surface area contributed by atoms with E-state index in [0.717, 1.165) is 30.4 Å². The summed E-state index contributed by atoms with van der Waals surface area (Å²) in [5.74, 6) is 1.60. The molecule has 4 rings (SSSR count). The molecular weight excluding hydrogens is 366 g/mol. The Morgan fingerprint density at radius 3 is 2.31 bits per heavy atom. The van der Waals surface area contributed by atoms with Crippen molar-refractivity contribution in [3.8, 4) is 0 Å². The van der Waals surface area contributed by atoms with E-state index in [2.05, 4.69) is 43.0 Å². The number of benzene rings is 1. The Hall–Kier alpha value is -2.67. The standard InChI is InChI=1S/C22H29N5O2/c1-15-5-7-17(8-6-15)13-27-18(14-26-11-9-16(2)10-12-26)23-20-19(27)21(28)25(4)22(29)24(20)3/h5-8,16H,9-14H2,1-4H3. The zero-order valence-electron chi connectivity index (χ0n) is 17.7. The first kappa shape index (κ1) is 19.6. The highest BCUT2D eigenvalue weighted by molar-refractivity contribution is 5.71. The van der Waals surface area contributed by atoms with Crippen molar-refractivity contribution in [2.75, 3.05) is 13.1 Å². The molecule has 0 N–H and O–H groups in total. The molecule has 7 nitrogen and oxygen atoms in total. The number of nitrogens with zero attached hydrogens (tertiary/aromatic N) is 5. The predicted octanol–water partition coefficient (Wildman–Crippen LogP) is 2.02. The fourth-order valence-corrected chi connectivity index (χ4v) is 4.08. The summed E-state index contributed by atoms with van der Waals surface area (Å²) in [4.78, 5) is 32.6. The van der Waals surface area contributed by atoms with Crippen molar-refractivity contribution in [3.05, 3.63) is 62.1 Å². The summed E-state index contributed by atoms with van der Waals surface area (Å²) in [6.45, 7) is 7.67. The molecule has 0 amide bonds. The van der Waals surface area contributed by atoms with Gasteiger partial charge in [-0.15, -0.1) is 0 Å². The molecule has 1 fully saturated rings. The Kier molecular flexibility index (Phi) is 5.17. The van der Waals surface area contributed by atoms with Crippen LogP contribution in [0.4, 0.5) is 0 Å². The molecule has 29 heavy (non-hydrogen) atoms. The maximum absolute atomic E-state index is 13.0. The van der Waals surface area contributed by atoms with E-state index in [9.17, 15) is 9.59 Å². The quantitative estimate of drug-likeness (QED) is 0.678. The zero-order valence-corrected chi connectivity index (χ0v) is 17.7. The van der Waals surface area contributed by atoms with Gasteiger partial charge >= 0.3 is 5.69 Å². The molecule has 0 atom stereocenters. The minimum atomic E-state index is -0.346. The average molecular weight is 396 g/mol. The molecule has 1 saturated heterocycles. The molecule has 0 saturated carbocycles. The maximum atomic E-state index is 13.0. The number of fused-ring (bicyclic) bond motifs is 1. The molecule has 1 aliphatic heterocycles. The van der Waals surface area contributed by atoms with E-state index >= 15 is 0 Å². The molecule has 0 radical (unpaired) electrons.